The Morgan fingerprint density at radius 2 is 2.50 bits per heavy atom. The van der Waals surface area contributed by atoms with Gasteiger partial charge >= 0.3 is 0 Å². The monoisotopic (exact) mass is 239 g/mol. The molecule has 5 nitrogen and oxygen atoms in total. The van der Waals surface area contributed by atoms with E-state index >= 15 is 0 Å². The Hall–Kier alpha value is -1.24. The smallest absolute Gasteiger partial charge is 0.243 e. The highest BCUT2D eigenvalue weighted by molar-refractivity contribution is 7.08. The van der Waals surface area contributed by atoms with Crippen LogP contribution in [0.5, 0.6) is 0 Å². The number of nitrogens with two attached hydrogens (primary N) is 1. The quantitative estimate of drug-likeness (QED) is 0.861. The predicted molar refractivity (Wildman–Crippen MR) is 61.0 cm³/mol. The topological polar surface area (TPSA) is 74.2 Å². The maximum absolute atomic E-state index is 5.87. The second-order valence-electron chi connectivity index (χ2n) is 3.36. The molecule has 6 heteroatoms. The van der Waals surface area contributed by atoms with Crippen LogP contribution >= 0.6 is 11.3 Å². The minimum Gasteiger partial charge on any atom is -0.385 e. The molecular formula is C10H13N3O2S. The number of thiophene rings is 1. The summed E-state index contributed by atoms with van der Waals surface area (Å²) in [6.07, 6.45) is 0.668. The van der Waals surface area contributed by atoms with Crippen molar-refractivity contribution in [2.75, 3.05) is 13.7 Å². The molecule has 2 rings (SSSR count). The average Bonchev–Trinajstić information content (AvgIpc) is 2.94. The molecule has 0 aliphatic rings. The van der Waals surface area contributed by atoms with Crippen molar-refractivity contribution in [3.05, 3.63) is 22.7 Å². The van der Waals surface area contributed by atoms with Crippen LogP contribution in [0.4, 0.5) is 0 Å². The first-order valence-electron chi connectivity index (χ1n) is 4.92. The van der Waals surface area contributed by atoms with E-state index in [9.17, 15) is 0 Å². The maximum atomic E-state index is 5.87. The molecule has 0 amide bonds. The summed E-state index contributed by atoms with van der Waals surface area (Å²) in [7, 11) is 1.64. The van der Waals surface area contributed by atoms with Crippen LogP contribution in [0.15, 0.2) is 21.3 Å². The van der Waals surface area contributed by atoms with Gasteiger partial charge in [0.05, 0.1) is 6.04 Å². The van der Waals surface area contributed by atoms with Gasteiger partial charge in [0.1, 0.15) is 0 Å². The maximum Gasteiger partial charge on any atom is 0.243 e. The third-order valence-corrected chi connectivity index (χ3v) is 2.85. The zero-order chi connectivity index (χ0) is 11.4. The van der Waals surface area contributed by atoms with Crippen LogP contribution in [0, 0.1) is 0 Å². The first-order valence-corrected chi connectivity index (χ1v) is 5.86. The lowest BCUT2D eigenvalue weighted by Crippen LogP contribution is -2.12. The lowest BCUT2D eigenvalue weighted by atomic mass is 10.2. The Morgan fingerprint density at radius 1 is 1.62 bits per heavy atom. The summed E-state index contributed by atoms with van der Waals surface area (Å²) in [6, 6.07) is 1.68. The zero-order valence-electron chi connectivity index (χ0n) is 8.92. The number of hydrogen-bond donors (Lipinski definition) is 1. The van der Waals surface area contributed by atoms with Crippen molar-refractivity contribution < 1.29 is 9.26 Å². The highest BCUT2D eigenvalue weighted by Gasteiger charge is 2.15. The summed E-state index contributed by atoms with van der Waals surface area (Å²) in [5.74, 6) is 1.04. The van der Waals surface area contributed by atoms with Gasteiger partial charge in [-0.1, -0.05) is 5.16 Å². The van der Waals surface area contributed by atoms with Crippen molar-refractivity contribution in [3.8, 4) is 11.4 Å². The van der Waals surface area contributed by atoms with Crippen LogP contribution in [-0.4, -0.2) is 23.9 Å². The molecular weight excluding hydrogens is 226 g/mol. The van der Waals surface area contributed by atoms with Gasteiger partial charge in [0.15, 0.2) is 0 Å². The van der Waals surface area contributed by atoms with Crippen molar-refractivity contribution in [1.29, 1.82) is 0 Å². The molecule has 2 N–H and O–H groups in total. The number of aromatic nitrogens is 2. The van der Waals surface area contributed by atoms with Crippen molar-refractivity contribution in [3.63, 3.8) is 0 Å². The Labute approximate surface area is 97.2 Å². The van der Waals surface area contributed by atoms with E-state index in [-0.39, 0.29) is 6.04 Å². The van der Waals surface area contributed by atoms with E-state index < -0.39 is 0 Å². The van der Waals surface area contributed by atoms with Gasteiger partial charge in [0.25, 0.3) is 0 Å². The standard InChI is InChI=1S/C10H13N3O2S/c1-14-4-2-8(11)10-12-9(13-15-10)7-3-5-16-6-7/h3,5-6,8H,2,4,11H2,1H3. The van der Waals surface area contributed by atoms with Crippen molar-refractivity contribution in [2.45, 2.75) is 12.5 Å². The van der Waals surface area contributed by atoms with Gasteiger partial charge in [-0.15, -0.1) is 0 Å². The molecule has 2 heterocycles. The predicted octanol–water partition coefficient (Wildman–Crippen LogP) is 1.83. The number of rotatable bonds is 5. The largest absolute Gasteiger partial charge is 0.385 e. The number of nitrogens with zero attached hydrogens (tertiary/aromatic N) is 2. The summed E-state index contributed by atoms with van der Waals surface area (Å²) in [6.45, 7) is 0.581. The molecule has 2 aromatic heterocycles. The molecule has 0 bridgehead atoms. The fraction of sp³-hybridized carbons (Fsp3) is 0.400. The molecule has 0 saturated heterocycles. The second kappa shape index (κ2) is 5.20. The molecule has 2 aromatic rings. The van der Waals surface area contributed by atoms with Crippen LogP contribution in [0.2, 0.25) is 0 Å². The normalized spacial score (nSPS) is 12.9. The fourth-order valence-electron chi connectivity index (χ4n) is 1.26. The molecule has 0 spiro atoms. The minimum absolute atomic E-state index is 0.264. The van der Waals surface area contributed by atoms with Crippen molar-refractivity contribution in [2.24, 2.45) is 5.73 Å². The van der Waals surface area contributed by atoms with Crippen LogP contribution in [0.1, 0.15) is 18.4 Å². The van der Waals surface area contributed by atoms with Crippen LogP contribution in [0.3, 0.4) is 0 Å². The Morgan fingerprint density at radius 3 is 3.19 bits per heavy atom. The third kappa shape index (κ3) is 2.46. The Balaban J connectivity index is 2.07. The van der Waals surface area contributed by atoms with E-state index in [4.69, 9.17) is 15.0 Å². The lowest BCUT2D eigenvalue weighted by molar-refractivity contribution is 0.182. The number of hydrogen-bond acceptors (Lipinski definition) is 6. The summed E-state index contributed by atoms with van der Waals surface area (Å²) in [5, 5.41) is 7.82. The molecule has 16 heavy (non-hydrogen) atoms. The molecule has 0 aliphatic carbocycles. The molecule has 1 atom stereocenters. The van der Waals surface area contributed by atoms with E-state index in [1.54, 1.807) is 18.4 Å². The van der Waals surface area contributed by atoms with Crippen LogP contribution < -0.4 is 5.73 Å². The molecule has 0 aromatic carbocycles. The number of methoxy groups -OCH3 is 1. The fourth-order valence-corrected chi connectivity index (χ4v) is 1.90. The molecule has 0 saturated carbocycles. The number of ether oxygens (including phenoxy) is 1. The highest BCUT2D eigenvalue weighted by atomic mass is 32.1. The lowest BCUT2D eigenvalue weighted by Gasteiger charge is -2.03. The van der Waals surface area contributed by atoms with Crippen molar-refractivity contribution >= 4 is 11.3 Å². The molecule has 1 unspecified atom stereocenters. The molecule has 0 fully saturated rings. The molecule has 86 valence electrons. The second-order valence-corrected chi connectivity index (χ2v) is 4.14. The van der Waals surface area contributed by atoms with E-state index in [1.165, 1.54) is 0 Å². The average molecular weight is 239 g/mol. The van der Waals surface area contributed by atoms with Crippen LogP contribution in [0.25, 0.3) is 11.4 Å². The van der Waals surface area contributed by atoms with Crippen molar-refractivity contribution in [1.82, 2.24) is 10.1 Å². The van der Waals surface area contributed by atoms with Gasteiger partial charge in [-0.05, 0) is 17.9 Å². The van der Waals surface area contributed by atoms with Gasteiger partial charge < -0.3 is 15.0 Å². The summed E-state index contributed by atoms with van der Waals surface area (Å²) >= 11 is 1.59. The Bertz CT molecular complexity index is 427. The van der Waals surface area contributed by atoms with Gasteiger partial charge in [0.2, 0.25) is 11.7 Å². The van der Waals surface area contributed by atoms with Gasteiger partial charge in [-0.25, -0.2) is 0 Å². The minimum atomic E-state index is -0.264. The van der Waals surface area contributed by atoms with Gasteiger partial charge in [0, 0.05) is 24.7 Å². The Kier molecular flexibility index (Phi) is 3.66. The summed E-state index contributed by atoms with van der Waals surface area (Å²) in [5.41, 5.74) is 6.83. The first-order chi connectivity index (χ1) is 7.81. The third-order valence-electron chi connectivity index (χ3n) is 2.17. The first kappa shape index (κ1) is 11.3. The SMILES string of the molecule is COCCC(N)c1nc(-c2ccsc2)no1. The highest BCUT2D eigenvalue weighted by Crippen LogP contribution is 2.21. The van der Waals surface area contributed by atoms with E-state index in [2.05, 4.69) is 10.1 Å². The summed E-state index contributed by atoms with van der Waals surface area (Å²) < 4.78 is 10.1. The zero-order valence-corrected chi connectivity index (χ0v) is 9.74. The van der Waals surface area contributed by atoms with E-state index in [1.807, 2.05) is 16.8 Å². The van der Waals surface area contributed by atoms with Gasteiger partial charge in [-0.3, -0.25) is 0 Å². The van der Waals surface area contributed by atoms with E-state index in [0.717, 1.165) is 5.56 Å². The summed E-state index contributed by atoms with van der Waals surface area (Å²) in [4.78, 5) is 4.25. The molecule has 0 aliphatic heterocycles. The van der Waals surface area contributed by atoms with Crippen LogP contribution in [-0.2, 0) is 4.74 Å². The molecule has 0 radical (unpaired) electrons. The van der Waals surface area contributed by atoms with Gasteiger partial charge in [-0.2, -0.15) is 16.3 Å². The van der Waals surface area contributed by atoms with E-state index in [0.29, 0.717) is 24.7 Å².